The third-order valence-electron chi connectivity index (χ3n) is 3.96. The highest BCUT2D eigenvalue weighted by molar-refractivity contribution is 6.39. The van der Waals surface area contributed by atoms with Crippen molar-refractivity contribution in [2.75, 3.05) is 30.4 Å². The van der Waals surface area contributed by atoms with Crippen LogP contribution in [0.2, 0.25) is 0 Å². The largest absolute Gasteiger partial charge is 0.387 e. The summed E-state index contributed by atoms with van der Waals surface area (Å²) in [5, 5.41) is 18.4. The van der Waals surface area contributed by atoms with Crippen LogP contribution in [0.25, 0.3) is 0 Å². The molecule has 8 heteroatoms. The van der Waals surface area contributed by atoms with Crippen LogP contribution in [0.5, 0.6) is 0 Å². The molecular formula is C16H18N4O4. The molecule has 0 unspecified atom stereocenters. The molecule has 0 spiro atoms. The number of carbonyl (C=O) groups excluding carboxylic acids is 2. The van der Waals surface area contributed by atoms with Gasteiger partial charge in [-0.2, -0.15) is 0 Å². The number of fused-ring (bicyclic) bond motifs is 1. The van der Waals surface area contributed by atoms with Gasteiger partial charge in [-0.15, -0.1) is 0 Å². The normalized spacial score (nSPS) is 14.2. The minimum Gasteiger partial charge on any atom is -0.387 e. The fourth-order valence-corrected chi connectivity index (χ4v) is 2.63. The third kappa shape index (κ3) is 3.38. The molecule has 1 atom stereocenters. The van der Waals surface area contributed by atoms with Crippen LogP contribution >= 0.6 is 0 Å². The van der Waals surface area contributed by atoms with E-state index >= 15 is 0 Å². The van der Waals surface area contributed by atoms with Gasteiger partial charge in [0.15, 0.2) is 5.82 Å². The Hall–Kier alpha value is -2.87. The number of hydrogen-bond donors (Lipinski definition) is 3. The number of likely N-dealkylation sites (N-methyl/N-ethyl adjacent to an activating group) is 1. The molecule has 8 nitrogen and oxygen atoms in total. The van der Waals surface area contributed by atoms with E-state index in [0.717, 1.165) is 18.7 Å². The van der Waals surface area contributed by atoms with Crippen molar-refractivity contribution in [3.63, 3.8) is 0 Å². The van der Waals surface area contributed by atoms with E-state index in [1.54, 1.807) is 0 Å². The molecular weight excluding hydrogens is 312 g/mol. The molecule has 0 fully saturated rings. The first-order chi connectivity index (χ1) is 11.5. The van der Waals surface area contributed by atoms with Crippen LogP contribution in [0.3, 0.4) is 0 Å². The average Bonchev–Trinajstić information content (AvgIpc) is 3.22. The highest BCUT2D eigenvalue weighted by atomic mass is 16.5. The number of hydrogen-bond acceptors (Lipinski definition) is 6. The van der Waals surface area contributed by atoms with E-state index in [9.17, 15) is 14.7 Å². The zero-order chi connectivity index (χ0) is 17.1. The summed E-state index contributed by atoms with van der Waals surface area (Å²) >= 11 is 0. The summed E-state index contributed by atoms with van der Waals surface area (Å²) in [7, 11) is 2.02. The Morgan fingerprint density at radius 2 is 2.21 bits per heavy atom. The van der Waals surface area contributed by atoms with Crippen molar-refractivity contribution < 1.29 is 19.2 Å². The van der Waals surface area contributed by atoms with Gasteiger partial charge < -0.3 is 19.8 Å². The smallest absolute Gasteiger partial charge is 0.314 e. The molecule has 1 aliphatic rings. The summed E-state index contributed by atoms with van der Waals surface area (Å²) in [6.07, 6.45) is 1.33. The summed E-state index contributed by atoms with van der Waals surface area (Å²) in [5.41, 5.74) is 3.03. The van der Waals surface area contributed by atoms with E-state index in [-0.39, 0.29) is 12.4 Å². The Bertz CT molecular complexity index is 745. The van der Waals surface area contributed by atoms with Crippen LogP contribution in [-0.4, -0.2) is 42.2 Å². The number of nitrogens with one attached hydrogen (secondary N) is 2. The van der Waals surface area contributed by atoms with Crippen LogP contribution in [0.4, 0.5) is 11.5 Å². The number of nitrogens with zero attached hydrogens (tertiary/aromatic N) is 2. The lowest BCUT2D eigenvalue weighted by atomic mass is 10.0. The lowest BCUT2D eigenvalue weighted by Crippen LogP contribution is -2.37. The summed E-state index contributed by atoms with van der Waals surface area (Å²) in [6, 6.07) is 7.14. The van der Waals surface area contributed by atoms with E-state index in [1.165, 1.54) is 17.9 Å². The highest BCUT2D eigenvalue weighted by Gasteiger charge is 2.20. The van der Waals surface area contributed by atoms with E-state index in [0.29, 0.717) is 5.56 Å². The Balaban J connectivity index is 1.54. The van der Waals surface area contributed by atoms with Gasteiger partial charge in [0.25, 0.3) is 0 Å². The zero-order valence-electron chi connectivity index (χ0n) is 13.2. The summed E-state index contributed by atoms with van der Waals surface area (Å²) < 4.78 is 4.56. The molecule has 0 bridgehead atoms. The average molecular weight is 330 g/mol. The second kappa shape index (κ2) is 6.71. The molecule has 24 heavy (non-hydrogen) atoms. The van der Waals surface area contributed by atoms with Gasteiger partial charge in [0.05, 0.1) is 6.10 Å². The molecule has 1 aromatic heterocycles. The van der Waals surface area contributed by atoms with Gasteiger partial charge in [0.2, 0.25) is 0 Å². The molecule has 0 radical (unpaired) electrons. The van der Waals surface area contributed by atoms with E-state index < -0.39 is 17.9 Å². The van der Waals surface area contributed by atoms with Gasteiger partial charge in [-0.1, -0.05) is 17.3 Å². The van der Waals surface area contributed by atoms with Gasteiger partial charge in [-0.05, 0) is 23.6 Å². The van der Waals surface area contributed by atoms with Gasteiger partial charge in [0.1, 0.15) is 6.26 Å². The van der Waals surface area contributed by atoms with Crippen LogP contribution in [0.1, 0.15) is 17.2 Å². The standard InChI is InChI=1S/C16H18N4O4/c1-20-6-4-10-8-11(2-3-12(10)20)13(21)9-17-15(22)16(23)18-14-5-7-24-19-14/h2-3,5,7-8,13,21H,4,6,9H2,1H3,(H,17,22)(H,18,19,23)/t13-/m0/s1. The second-order valence-corrected chi connectivity index (χ2v) is 5.62. The predicted octanol–water partition coefficient (Wildman–Crippen LogP) is 0.455. The summed E-state index contributed by atoms with van der Waals surface area (Å²) in [5.74, 6) is -1.57. The molecule has 126 valence electrons. The molecule has 0 saturated heterocycles. The molecule has 1 aliphatic heterocycles. The Labute approximate surface area is 138 Å². The highest BCUT2D eigenvalue weighted by Crippen LogP contribution is 2.29. The number of aromatic nitrogens is 1. The second-order valence-electron chi connectivity index (χ2n) is 5.62. The van der Waals surface area contributed by atoms with Crippen molar-refractivity contribution >= 4 is 23.3 Å². The monoisotopic (exact) mass is 330 g/mol. The van der Waals surface area contributed by atoms with Crippen LogP contribution in [-0.2, 0) is 16.0 Å². The Morgan fingerprint density at radius 1 is 1.38 bits per heavy atom. The zero-order valence-corrected chi connectivity index (χ0v) is 13.2. The summed E-state index contributed by atoms with van der Waals surface area (Å²) in [6.45, 7) is 0.896. The minimum atomic E-state index is -0.884. The first kappa shape index (κ1) is 16.0. The van der Waals surface area contributed by atoms with Gasteiger partial charge in [-0.25, -0.2) is 0 Å². The molecule has 2 heterocycles. The predicted molar refractivity (Wildman–Crippen MR) is 86.5 cm³/mol. The number of aliphatic hydroxyl groups excluding tert-OH is 1. The Morgan fingerprint density at radius 3 is 2.96 bits per heavy atom. The quantitative estimate of drug-likeness (QED) is 0.703. The number of carbonyl (C=O) groups is 2. The molecule has 3 N–H and O–H groups in total. The topological polar surface area (TPSA) is 108 Å². The van der Waals surface area contributed by atoms with Crippen molar-refractivity contribution in [1.82, 2.24) is 10.5 Å². The first-order valence-corrected chi connectivity index (χ1v) is 7.56. The maximum absolute atomic E-state index is 11.7. The van der Waals surface area contributed by atoms with Crippen LogP contribution < -0.4 is 15.5 Å². The third-order valence-corrected chi connectivity index (χ3v) is 3.96. The minimum absolute atomic E-state index is 0.0559. The first-order valence-electron chi connectivity index (χ1n) is 7.56. The molecule has 1 aromatic carbocycles. The fraction of sp³-hybridized carbons (Fsp3) is 0.312. The van der Waals surface area contributed by atoms with Gasteiger partial charge in [-0.3, -0.25) is 14.9 Å². The van der Waals surface area contributed by atoms with Gasteiger partial charge in [0, 0.05) is 31.9 Å². The number of amides is 2. The lowest BCUT2D eigenvalue weighted by Gasteiger charge is -2.15. The van der Waals surface area contributed by atoms with Crippen LogP contribution in [0, 0.1) is 0 Å². The van der Waals surface area contributed by atoms with E-state index in [4.69, 9.17) is 0 Å². The van der Waals surface area contributed by atoms with Crippen molar-refractivity contribution in [2.24, 2.45) is 0 Å². The van der Waals surface area contributed by atoms with Crippen molar-refractivity contribution in [2.45, 2.75) is 12.5 Å². The maximum atomic E-state index is 11.7. The fourth-order valence-electron chi connectivity index (χ4n) is 2.63. The molecule has 0 aliphatic carbocycles. The lowest BCUT2D eigenvalue weighted by molar-refractivity contribution is -0.136. The molecule has 2 amide bonds. The van der Waals surface area contributed by atoms with Crippen molar-refractivity contribution in [3.05, 3.63) is 41.7 Å². The maximum Gasteiger partial charge on any atom is 0.314 e. The molecule has 0 saturated carbocycles. The number of rotatable bonds is 4. The summed E-state index contributed by atoms with van der Waals surface area (Å²) in [4.78, 5) is 25.5. The van der Waals surface area contributed by atoms with Crippen LogP contribution in [0.15, 0.2) is 35.1 Å². The number of benzene rings is 1. The van der Waals surface area contributed by atoms with E-state index in [2.05, 4.69) is 25.2 Å². The SMILES string of the molecule is CN1CCc2cc([C@@H](O)CNC(=O)C(=O)Nc3ccon3)ccc21. The molecule has 2 aromatic rings. The number of aliphatic hydroxyl groups is 1. The van der Waals surface area contributed by atoms with Crippen molar-refractivity contribution in [1.29, 1.82) is 0 Å². The van der Waals surface area contributed by atoms with E-state index in [1.807, 2.05) is 25.2 Å². The van der Waals surface area contributed by atoms with Gasteiger partial charge >= 0.3 is 11.8 Å². The Kier molecular flexibility index (Phi) is 4.48. The van der Waals surface area contributed by atoms with Crippen molar-refractivity contribution in [3.8, 4) is 0 Å². The number of anilines is 2. The molecule has 3 rings (SSSR count).